The van der Waals surface area contributed by atoms with Crippen LogP contribution in [0.1, 0.15) is 79.6 Å². The Labute approximate surface area is 203 Å². The first-order valence-corrected chi connectivity index (χ1v) is 13.4. The van der Waals surface area contributed by atoms with Crippen LogP contribution in [0.2, 0.25) is 0 Å². The average molecular weight is 475 g/mol. The lowest BCUT2D eigenvalue weighted by Gasteiger charge is -2.55. The maximum Gasteiger partial charge on any atom is 0.198 e. The quantitative estimate of drug-likeness (QED) is 0.467. The lowest BCUT2D eigenvalue weighted by atomic mass is 9.53. The van der Waals surface area contributed by atoms with Gasteiger partial charge >= 0.3 is 0 Å². The molecule has 3 fully saturated rings. The van der Waals surface area contributed by atoms with Crippen molar-refractivity contribution in [3.63, 3.8) is 0 Å². The number of carbonyl (C=O) groups is 1. The van der Waals surface area contributed by atoms with Crippen molar-refractivity contribution in [3.05, 3.63) is 22.5 Å². The van der Waals surface area contributed by atoms with Crippen LogP contribution in [-0.2, 0) is 19.0 Å². The average Bonchev–Trinajstić information content (AvgIpc) is 3.12. The highest BCUT2D eigenvalue weighted by atomic mass is 16.7. The van der Waals surface area contributed by atoms with E-state index in [-0.39, 0.29) is 23.4 Å². The second kappa shape index (κ2) is 8.72. The zero-order chi connectivity index (χ0) is 24.4. The van der Waals surface area contributed by atoms with E-state index in [9.17, 15) is 15.0 Å². The monoisotopic (exact) mass is 474 g/mol. The molecule has 0 bridgehead atoms. The molecule has 6 nitrogen and oxygen atoms in total. The Hall–Kier alpha value is -1.21. The fourth-order valence-electron chi connectivity index (χ4n) is 7.80. The molecule has 0 radical (unpaired) electrons. The number of allylic oxidation sites excluding steroid dienone is 3. The summed E-state index contributed by atoms with van der Waals surface area (Å²) >= 11 is 0. The lowest BCUT2D eigenvalue weighted by molar-refractivity contribution is -0.326. The Kier molecular flexibility index (Phi) is 6.28. The molecular formula is C28H42O6. The van der Waals surface area contributed by atoms with Gasteiger partial charge in [0.05, 0.1) is 6.61 Å². The van der Waals surface area contributed by atoms with Gasteiger partial charge in [0.25, 0.3) is 0 Å². The minimum atomic E-state index is -1.11. The van der Waals surface area contributed by atoms with Crippen molar-refractivity contribution in [1.29, 1.82) is 0 Å². The third-order valence-corrected chi connectivity index (χ3v) is 9.81. The van der Waals surface area contributed by atoms with Gasteiger partial charge in [-0.25, -0.2) is 0 Å². The van der Waals surface area contributed by atoms with Crippen LogP contribution in [0, 0.1) is 28.6 Å². The predicted octanol–water partition coefficient (Wildman–Crippen LogP) is 4.29. The summed E-state index contributed by atoms with van der Waals surface area (Å²) in [6.45, 7) is 11.6. The van der Waals surface area contributed by atoms with Crippen LogP contribution < -0.4 is 0 Å². The minimum absolute atomic E-state index is 0.0112. The summed E-state index contributed by atoms with van der Waals surface area (Å²) < 4.78 is 18.9. The molecular weight excluding hydrogens is 432 g/mol. The Balaban J connectivity index is 1.65. The highest BCUT2D eigenvalue weighted by Gasteiger charge is 2.61. The summed E-state index contributed by atoms with van der Waals surface area (Å²) in [4.78, 5) is 12.6. The van der Waals surface area contributed by atoms with Crippen LogP contribution in [0.4, 0.5) is 0 Å². The van der Waals surface area contributed by atoms with E-state index in [1.165, 1.54) is 6.42 Å². The molecule has 34 heavy (non-hydrogen) atoms. The molecule has 2 saturated heterocycles. The first-order valence-electron chi connectivity index (χ1n) is 13.4. The van der Waals surface area contributed by atoms with Crippen molar-refractivity contribution >= 4 is 6.29 Å². The number of rotatable bonds is 4. The molecule has 5 aliphatic rings. The summed E-state index contributed by atoms with van der Waals surface area (Å²) in [5, 5.41) is 20.8. The van der Waals surface area contributed by atoms with E-state index in [0.717, 1.165) is 44.8 Å². The zero-order valence-electron chi connectivity index (χ0n) is 21.4. The fourth-order valence-corrected chi connectivity index (χ4v) is 7.80. The van der Waals surface area contributed by atoms with Gasteiger partial charge in [-0.2, -0.15) is 0 Å². The highest BCUT2D eigenvalue weighted by Crippen LogP contribution is 2.65. The summed E-state index contributed by atoms with van der Waals surface area (Å²) in [6, 6.07) is 0. The van der Waals surface area contributed by atoms with Crippen LogP contribution in [-0.4, -0.2) is 53.8 Å². The van der Waals surface area contributed by atoms with E-state index in [2.05, 4.69) is 34.6 Å². The largest absolute Gasteiger partial charge is 0.483 e. The Morgan fingerprint density at radius 3 is 2.62 bits per heavy atom. The van der Waals surface area contributed by atoms with Gasteiger partial charge in [-0.15, -0.1) is 0 Å². The second-order valence-electron chi connectivity index (χ2n) is 12.2. The molecule has 0 aromatic carbocycles. The van der Waals surface area contributed by atoms with Gasteiger partial charge in [-0.1, -0.05) is 52.2 Å². The van der Waals surface area contributed by atoms with Gasteiger partial charge in [0.2, 0.25) is 0 Å². The van der Waals surface area contributed by atoms with Crippen molar-refractivity contribution in [2.24, 2.45) is 28.6 Å². The smallest absolute Gasteiger partial charge is 0.198 e. The third kappa shape index (κ3) is 3.55. The number of aliphatic hydroxyl groups is 2. The van der Waals surface area contributed by atoms with E-state index in [0.29, 0.717) is 23.2 Å². The molecule has 9 atom stereocenters. The molecule has 6 heteroatoms. The van der Waals surface area contributed by atoms with Crippen LogP contribution in [0.5, 0.6) is 0 Å². The SMILES string of the molecule is CCCC1CC2C3=C(C(C)C)CC[C@]3(C)CC[C@@]2(C)[C@H]2O[C@@H]3OC[C@@H](O)[C@H](O)[C@H]3OC2=C1C=O. The predicted molar refractivity (Wildman–Crippen MR) is 128 cm³/mol. The first-order chi connectivity index (χ1) is 16.1. The Morgan fingerprint density at radius 1 is 1.18 bits per heavy atom. The topological polar surface area (TPSA) is 85.2 Å². The molecule has 190 valence electrons. The molecule has 0 spiro atoms. The number of hydrogen-bond donors (Lipinski definition) is 2. The number of aldehydes is 1. The first kappa shape index (κ1) is 24.5. The van der Waals surface area contributed by atoms with Crippen LogP contribution >= 0.6 is 0 Å². The van der Waals surface area contributed by atoms with Gasteiger partial charge < -0.3 is 24.4 Å². The van der Waals surface area contributed by atoms with Gasteiger partial charge in [0, 0.05) is 11.0 Å². The molecule has 2 unspecified atom stereocenters. The number of aliphatic hydroxyl groups excluding tert-OH is 2. The van der Waals surface area contributed by atoms with E-state index >= 15 is 0 Å². The summed E-state index contributed by atoms with van der Waals surface area (Å²) in [7, 11) is 0. The zero-order valence-corrected chi connectivity index (χ0v) is 21.4. The van der Waals surface area contributed by atoms with Gasteiger partial charge in [0.15, 0.2) is 12.4 Å². The third-order valence-electron chi connectivity index (χ3n) is 9.81. The summed E-state index contributed by atoms with van der Waals surface area (Å²) in [5.41, 5.74) is 3.88. The number of carbonyl (C=O) groups excluding carboxylic acids is 1. The standard InChI is InChI=1S/C28H42O6/c1-6-7-16-12-19-21-17(15(2)3)8-9-27(21,4)10-11-28(19,5)25-23(18(16)13-29)33-24-22(31)20(30)14-32-26(24)34-25/h13,15-16,19-20,22,24-26,30-31H,6-12,14H2,1-5H3/t16?,19?,20-,22+,24-,25+,26+,27-,28-/m1/s1. The fraction of sp³-hybridized carbons (Fsp3) is 0.821. The van der Waals surface area contributed by atoms with Gasteiger partial charge in [-0.3, -0.25) is 4.79 Å². The van der Waals surface area contributed by atoms with Crippen LogP contribution in [0.15, 0.2) is 22.5 Å². The van der Waals surface area contributed by atoms with Crippen LogP contribution in [0.25, 0.3) is 0 Å². The summed E-state index contributed by atoms with van der Waals surface area (Å²) in [6.07, 6.45) is 4.10. The molecule has 5 rings (SSSR count). The van der Waals surface area contributed by atoms with Crippen molar-refractivity contribution in [3.8, 4) is 0 Å². The van der Waals surface area contributed by atoms with Crippen molar-refractivity contribution in [2.45, 2.75) is 110 Å². The molecule has 2 aliphatic heterocycles. The molecule has 0 aromatic heterocycles. The van der Waals surface area contributed by atoms with E-state index < -0.39 is 30.7 Å². The Bertz CT molecular complexity index is 891. The van der Waals surface area contributed by atoms with Crippen molar-refractivity contribution in [1.82, 2.24) is 0 Å². The van der Waals surface area contributed by atoms with Gasteiger partial charge in [0.1, 0.15) is 30.4 Å². The molecule has 2 N–H and O–H groups in total. The van der Waals surface area contributed by atoms with Crippen molar-refractivity contribution < 1.29 is 29.2 Å². The molecule has 3 aliphatic carbocycles. The van der Waals surface area contributed by atoms with E-state index in [1.807, 2.05) is 0 Å². The minimum Gasteiger partial charge on any atom is -0.483 e. The molecule has 1 saturated carbocycles. The van der Waals surface area contributed by atoms with Crippen LogP contribution in [0.3, 0.4) is 0 Å². The van der Waals surface area contributed by atoms with Gasteiger partial charge in [-0.05, 0) is 61.7 Å². The van der Waals surface area contributed by atoms with E-state index in [1.54, 1.807) is 11.1 Å². The maximum atomic E-state index is 12.6. The maximum absolute atomic E-state index is 12.6. The Morgan fingerprint density at radius 2 is 1.94 bits per heavy atom. The molecule has 0 aromatic rings. The number of ether oxygens (including phenoxy) is 3. The molecule has 2 heterocycles. The highest BCUT2D eigenvalue weighted by molar-refractivity contribution is 5.75. The lowest BCUT2D eigenvalue weighted by Crippen LogP contribution is -2.61. The van der Waals surface area contributed by atoms with E-state index in [4.69, 9.17) is 14.2 Å². The van der Waals surface area contributed by atoms with Crippen molar-refractivity contribution in [2.75, 3.05) is 6.61 Å². The molecule has 0 amide bonds. The second-order valence-corrected chi connectivity index (χ2v) is 12.2. The number of fused-ring (bicyclic) bond motifs is 6. The summed E-state index contributed by atoms with van der Waals surface area (Å²) in [5.74, 6) is 1.47. The number of hydrogen-bond acceptors (Lipinski definition) is 6. The normalized spacial score (nSPS) is 46.3.